The first-order chi connectivity index (χ1) is 7.17. The van der Waals surface area contributed by atoms with Crippen LogP contribution in [0.3, 0.4) is 0 Å². The van der Waals surface area contributed by atoms with Crippen molar-refractivity contribution in [1.29, 1.82) is 0 Å². The van der Waals surface area contributed by atoms with Gasteiger partial charge < -0.3 is 15.4 Å². The molecule has 1 aromatic rings. The largest absolute Gasteiger partial charge is 0.495 e. The van der Waals surface area contributed by atoms with Gasteiger partial charge in [0.15, 0.2) is 0 Å². The molecule has 1 aromatic heterocycles. The van der Waals surface area contributed by atoms with E-state index in [0.29, 0.717) is 0 Å². The first-order valence-corrected chi connectivity index (χ1v) is 5.21. The molecule has 0 radical (unpaired) electrons. The Morgan fingerprint density at radius 2 is 2.27 bits per heavy atom. The highest BCUT2D eigenvalue weighted by atomic mass is 16.5. The number of aromatic nitrogens is 1. The minimum Gasteiger partial charge on any atom is -0.495 e. The van der Waals surface area contributed by atoms with Gasteiger partial charge in [0, 0.05) is 13.1 Å². The number of pyridine rings is 1. The van der Waals surface area contributed by atoms with Gasteiger partial charge >= 0.3 is 0 Å². The third-order valence-electron chi connectivity index (χ3n) is 3.00. The number of nitrogens with zero attached hydrogens (tertiary/aromatic N) is 2. The topological polar surface area (TPSA) is 51.4 Å². The summed E-state index contributed by atoms with van der Waals surface area (Å²) in [6.07, 6.45) is 2.75. The number of rotatable bonds is 3. The third-order valence-corrected chi connectivity index (χ3v) is 3.00. The molecule has 1 saturated heterocycles. The number of hydrogen-bond donors (Lipinski definition) is 1. The molecule has 0 atom stereocenters. The average molecular weight is 207 g/mol. The van der Waals surface area contributed by atoms with Crippen molar-refractivity contribution >= 4 is 5.82 Å². The lowest BCUT2D eigenvalue weighted by atomic mass is 9.88. The fourth-order valence-corrected chi connectivity index (χ4v) is 1.78. The van der Waals surface area contributed by atoms with Gasteiger partial charge in [-0.05, 0) is 18.6 Å². The van der Waals surface area contributed by atoms with Crippen LogP contribution in [0.25, 0.3) is 0 Å². The zero-order valence-electron chi connectivity index (χ0n) is 9.23. The Kier molecular flexibility index (Phi) is 2.52. The van der Waals surface area contributed by atoms with Crippen molar-refractivity contribution in [2.75, 3.05) is 25.1 Å². The molecule has 1 aliphatic heterocycles. The van der Waals surface area contributed by atoms with Crippen LogP contribution in [-0.4, -0.2) is 30.7 Å². The predicted octanol–water partition coefficient (Wildman–Crippen LogP) is 1.02. The normalized spacial score (nSPS) is 18.5. The molecule has 0 unspecified atom stereocenters. The van der Waals surface area contributed by atoms with Crippen LogP contribution in [0.5, 0.6) is 5.75 Å². The lowest BCUT2D eigenvalue weighted by Crippen LogP contribution is -2.67. The van der Waals surface area contributed by atoms with Crippen LogP contribution >= 0.6 is 0 Å². The van der Waals surface area contributed by atoms with Crippen LogP contribution in [0.15, 0.2) is 18.3 Å². The minimum absolute atomic E-state index is 0.0123. The van der Waals surface area contributed by atoms with E-state index in [1.54, 1.807) is 13.3 Å². The summed E-state index contributed by atoms with van der Waals surface area (Å²) >= 11 is 0. The molecule has 0 spiro atoms. The lowest BCUT2D eigenvalue weighted by Gasteiger charge is -2.48. The molecule has 1 aliphatic rings. The Hall–Kier alpha value is -1.29. The molecule has 0 aliphatic carbocycles. The van der Waals surface area contributed by atoms with Gasteiger partial charge in [-0.1, -0.05) is 6.92 Å². The van der Waals surface area contributed by atoms with Crippen molar-refractivity contribution in [3.05, 3.63) is 18.3 Å². The number of ether oxygens (including phenoxy) is 1. The van der Waals surface area contributed by atoms with E-state index in [9.17, 15) is 0 Å². The Labute approximate surface area is 90.0 Å². The summed E-state index contributed by atoms with van der Waals surface area (Å²) in [7, 11) is 1.64. The van der Waals surface area contributed by atoms with Gasteiger partial charge in [-0.25, -0.2) is 4.98 Å². The van der Waals surface area contributed by atoms with E-state index in [2.05, 4.69) is 16.8 Å². The fourth-order valence-electron chi connectivity index (χ4n) is 1.78. The van der Waals surface area contributed by atoms with Crippen LogP contribution in [0.4, 0.5) is 5.82 Å². The van der Waals surface area contributed by atoms with Crippen LogP contribution in [0.2, 0.25) is 0 Å². The van der Waals surface area contributed by atoms with Crippen LogP contribution in [0.1, 0.15) is 13.3 Å². The zero-order valence-corrected chi connectivity index (χ0v) is 9.23. The summed E-state index contributed by atoms with van der Waals surface area (Å²) in [6.45, 7) is 3.91. The van der Waals surface area contributed by atoms with Crippen LogP contribution < -0.4 is 15.4 Å². The summed E-state index contributed by atoms with van der Waals surface area (Å²) in [4.78, 5) is 6.50. The predicted molar refractivity (Wildman–Crippen MR) is 60.2 cm³/mol. The molecule has 2 N–H and O–H groups in total. The second kappa shape index (κ2) is 3.70. The Balaban J connectivity index is 2.01. The van der Waals surface area contributed by atoms with Crippen molar-refractivity contribution in [2.45, 2.75) is 18.9 Å². The van der Waals surface area contributed by atoms with E-state index in [4.69, 9.17) is 10.5 Å². The number of nitrogens with two attached hydrogens (primary N) is 1. The molecule has 15 heavy (non-hydrogen) atoms. The van der Waals surface area contributed by atoms with E-state index >= 15 is 0 Å². The summed E-state index contributed by atoms with van der Waals surface area (Å²) in [5, 5.41) is 0. The van der Waals surface area contributed by atoms with E-state index < -0.39 is 0 Å². The maximum absolute atomic E-state index is 6.09. The van der Waals surface area contributed by atoms with Gasteiger partial charge in [-0.15, -0.1) is 0 Å². The first-order valence-electron chi connectivity index (χ1n) is 5.21. The summed E-state index contributed by atoms with van der Waals surface area (Å²) < 4.78 is 5.06. The highest BCUT2D eigenvalue weighted by Gasteiger charge is 2.38. The van der Waals surface area contributed by atoms with Gasteiger partial charge in [0.2, 0.25) is 0 Å². The van der Waals surface area contributed by atoms with Gasteiger partial charge in [-0.3, -0.25) is 0 Å². The van der Waals surface area contributed by atoms with E-state index in [0.717, 1.165) is 31.1 Å². The fraction of sp³-hybridized carbons (Fsp3) is 0.545. The molecule has 0 amide bonds. The van der Waals surface area contributed by atoms with Crippen molar-refractivity contribution in [3.8, 4) is 5.75 Å². The smallest absolute Gasteiger partial charge is 0.137 e. The molecule has 0 saturated carbocycles. The average Bonchev–Trinajstić information content (AvgIpc) is 2.25. The highest BCUT2D eigenvalue weighted by Crippen LogP contribution is 2.27. The second-order valence-electron chi connectivity index (χ2n) is 4.13. The molecule has 1 fully saturated rings. The van der Waals surface area contributed by atoms with E-state index in [-0.39, 0.29) is 5.54 Å². The van der Waals surface area contributed by atoms with E-state index in [1.807, 2.05) is 12.1 Å². The first kappa shape index (κ1) is 10.2. The SMILES string of the molecule is CCC1(N)CN(c2ccc(OC)cn2)C1. The van der Waals surface area contributed by atoms with Crippen LogP contribution in [-0.2, 0) is 0 Å². The maximum Gasteiger partial charge on any atom is 0.137 e. The standard InChI is InChI=1S/C11H17N3O/c1-3-11(12)7-14(8-11)10-5-4-9(15-2)6-13-10/h4-6H,3,7-8,12H2,1-2H3. The number of hydrogen-bond acceptors (Lipinski definition) is 4. The molecule has 0 bridgehead atoms. The summed E-state index contributed by atoms with van der Waals surface area (Å²) in [6, 6.07) is 3.89. The van der Waals surface area contributed by atoms with Gasteiger partial charge in [0.1, 0.15) is 11.6 Å². The number of methoxy groups -OCH3 is 1. The number of anilines is 1. The summed E-state index contributed by atoms with van der Waals surface area (Å²) in [5.74, 6) is 1.76. The molecule has 82 valence electrons. The van der Waals surface area contributed by atoms with Crippen molar-refractivity contribution in [2.24, 2.45) is 5.73 Å². The van der Waals surface area contributed by atoms with Crippen molar-refractivity contribution in [3.63, 3.8) is 0 Å². The molecule has 2 heterocycles. The Bertz CT molecular complexity index is 330. The quantitative estimate of drug-likeness (QED) is 0.804. The van der Waals surface area contributed by atoms with Gasteiger partial charge in [0.05, 0.1) is 18.8 Å². The van der Waals surface area contributed by atoms with Crippen LogP contribution in [0, 0.1) is 0 Å². The molecule has 4 nitrogen and oxygen atoms in total. The molecular weight excluding hydrogens is 190 g/mol. The minimum atomic E-state index is -0.0123. The van der Waals surface area contributed by atoms with Crippen molar-refractivity contribution in [1.82, 2.24) is 4.98 Å². The molecule has 4 heteroatoms. The second-order valence-corrected chi connectivity index (χ2v) is 4.13. The monoisotopic (exact) mass is 207 g/mol. The highest BCUT2D eigenvalue weighted by molar-refractivity contribution is 5.45. The van der Waals surface area contributed by atoms with Gasteiger partial charge in [0.25, 0.3) is 0 Å². The molecular formula is C11H17N3O. The molecule has 2 rings (SSSR count). The summed E-state index contributed by atoms with van der Waals surface area (Å²) in [5.41, 5.74) is 6.08. The van der Waals surface area contributed by atoms with Crippen molar-refractivity contribution < 1.29 is 4.74 Å². The Morgan fingerprint density at radius 1 is 1.53 bits per heavy atom. The Morgan fingerprint density at radius 3 is 2.73 bits per heavy atom. The van der Waals surface area contributed by atoms with E-state index in [1.165, 1.54) is 0 Å². The molecule has 0 aromatic carbocycles. The lowest BCUT2D eigenvalue weighted by molar-refractivity contribution is 0.320. The maximum atomic E-state index is 6.09. The van der Waals surface area contributed by atoms with Gasteiger partial charge in [-0.2, -0.15) is 0 Å². The zero-order chi connectivity index (χ0) is 10.9. The third kappa shape index (κ3) is 1.90.